The van der Waals surface area contributed by atoms with Crippen LogP contribution in [-0.4, -0.2) is 35.3 Å². The summed E-state index contributed by atoms with van der Waals surface area (Å²) < 4.78 is 5.57. The molecule has 6 nitrogen and oxygen atoms in total. The molecule has 1 aromatic rings. The SMILES string of the molecule is COc1cc(C=NN2C(=O)C3C4C=CC(C5CC45)C3C2=O)cc(Br)c1O. The number of hydrazone groups is 1. The summed E-state index contributed by atoms with van der Waals surface area (Å²) >= 11 is 3.25. The molecule has 1 saturated heterocycles. The highest BCUT2D eigenvalue weighted by Gasteiger charge is 2.67. The molecule has 2 saturated carbocycles. The predicted molar refractivity (Wildman–Crippen MR) is 96.5 cm³/mol. The van der Waals surface area contributed by atoms with E-state index in [1.165, 1.54) is 13.3 Å². The van der Waals surface area contributed by atoms with Crippen LogP contribution in [0.1, 0.15) is 12.0 Å². The minimum atomic E-state index is -0.250. The average molecular weight is 417 g/mol. The lowest BCUT2D eigenvalue weighted by Gasteiger charge is -2.37. The van der Waals surface area contributed by atoms with Crippen LogP contribution in [0.3, 0.4) is 0 Å². The number of methoxy groups -OCH3 is 1. The van der Waals surface area contributed by atoms with Crippen LogP contribution in [0.2, 0.25) is 0 Å². The fraction of sp³-hybridized carbons (Fsp3) is 0.421. The molecular weight excluding hydrogens is 400 g/mol. The number of benzene rings is 1. The number of amides is 2. The van der Waals surface area contributed by atoms with E-state index in [1.807, 2.05) is 0 Å². The molecule has 0 spiro atoms. The second-order valence-corrected chi connectivity index (χ2v) is 8.30. The Morgan fingerprint density at radius 1 is 1.19 bits per heavy atom. The standard InChI is InChI=1S/C19H17BrN2O4/c1-26-14-5-8(4-13(20)17(14)23)7-21-22-18(24)15-9-2-3-10(12-6-11(9)12)16(15)19(22)25/h2-5,7,9-12,15-16,23H,6H2,1H3. The second kappa shape index (κ2) is 5.42. The molecule has 134 valence electrons. The summed E-state index contributed by atoms with van der Waals surface area (Å²) in [6, 6.07) is 3.25. The zero-order valence-electron chi connectivity index (χ0n) is 14.0. The Labute approximate surface area is 158 Å². The van der Waals surface area contributed by atoms with Crippen LogP contribution >= 0.6 is 15.9 Å². The summed E-state index contributed by atoms with van der Waals surface area (Å²) in [4.78, 5) is 25.7. The lowest BCUT2D eigenvalue weighted by atomic mass is 9.63. The van der Waals surface area contributed by atoms with E-state index in [2.05, 4.69) is 33.2 Å². The van der Waals surface area contributed by atoms with Crippen molar-refractivity contribution >= 4 is 34.0 Å². The first-order chi connectivity index (χ1) is 12.5. The molecule has 0 aromatic heterocycles. The van der Waals surface area contributed by atoms with Gasteiger partial charge in [-0.15, -0.1) is 0 Å². The Morgan fingerprint density at radius 2 is 1.81 bits per heavy atom. The van der Waals surface area contributed by atoms with Gasteiger partial charge in [0.25, 0.3) is 11.8 Å². The van der Waals surface area contributed by atoms with E-state index in [-0.39, 0.29) is 47.0 Å². The Hall–Kier alpha value is -2.15. The van der Waals surface area contributed by atoms with Crippen molar-refractivity contribution in [2.45, 2.75) is 6.42 Å². The number of carbonyl (C=O) groups is 2. The molecule has 2 amide bonds. The number of nitrogens with zero attached hydrogens (tertiary/aromatic N) is 2. The van der Waals surface area contributed by atoms with Crippen LogP contribution in [-0.2, 0) is 9.59 Å². The molecule has 2 bridgehead atoms. The first-order valence-electron chi connectivity index (χ1n) is 8.68. The molecular formula is C19H17BrN2O4. The van der Waals surface area contributed by atoms with Gasteiger partial charge in [-0.2, -0.15) is 10.1 Å². The number of allylic oxidation sites excluding steroid dienone is 2. The van der Waals surface area contributed by atoms with E-state index in [1.54, 1.807) is 12.1 Å². The van der Waals surface area contributed by atoms with E-state index in [9.17, 15) is 14.7 Å². The van der Waals surface area contributed by atoms with Crippen LogP contribution in [0.4, 0.5) is 0 Å². The third-order valence-corrected chi connectivity index (χ3v) is 6.84. The summed E-state index contributed by atoms with van der Waals surface area (Å²) in [6.07, 6.45) is 6.87. The molecule has 6 rings (SSSR count). The van der Waals surface area contributed by atoms with Gasteiger partial charge in [-0.3, -0.25) is 9.59 Å². The van der Waals surface area contributed by atoms with E-state index < -0.39 is 0 Å². The molecule has 1 aromatic carbocycles. The van der Waals surface area contributed by atoms with Gasteiger partial charge in [0, 0.05) is 0 Å². The summed E-state index contributed by atoms with van der Waals surface area (Å²) in [5.74, 6) is 0.926. The molecule has 3 fully saturated rings. The fourth-order valence-corrected chi connectivity index (χ4v) is 5.46. The number of halogens is 1. The van der Waals surface area contributed by atoms with Crippen LogP contribution < -0.4 is 4.74 Å². The number of carbonyl (C=O) groups excluding carboxylic acids is 2. The van der Waals surface area contributed by atoms with E-state index in [0.29, 0.717) is 21.9 Å². The van der Waals surface area contributed by atoms with Crippen molar-refractivity contribution in [1.29, 1.82) is 0 Å². The van der Waals surface area contributed by atoms with Crippen molar-refractivity contribution in [2.24, 2.45) is 40.6 Å². The Balaban J connectivity index is 1.44. The molecule has 26 heavy (non-hydrogen) atoms. The Bertz CT molecular complexity index is 860. The smallest absolute Gasteiger partial charge is 0.254 e. The highest BCUT2D eigenvalue weighted by molar-refractivity contribution is 9.10. The third kappa shape index (κ3) is 2.06. The molecule has 1 N–H and O–H groups in total. The molecule has 1 heterocycles. The monoisotopic (exact) mass is 416 g/mol. The summed E-state index contributed by atoms with van der Waals surface area (Å²) in [7, 11) is 1.45. The normalized spacial score (nSPS) is 36.6. The maximum atomic E-state index is 12.9. The van der Waals surface area contributed by atoms with Gasteiger partial charge in [-0.1, -0.05) is 12.2 Å². The molecule has 1 aliphatic heterocycles. The Kier molecular flexibility index (Phi) is 3.35. The zero-order valence-corrected chi connectivity index (χ0v) is 15.6. The first kappa shape index (κ1) is 16.1. The second-order valence-electron chi connectivity index (χ2n) is 7.44. The van der Waals surface area contributed by atoms with Crippen LogP contribution in [0.25, 0.3) is 0 Å². The average Bonchev–Trinajstić information content (AvgIpc) is 3.41. The summed E-state index contributed by atoms with van der Waals surface area (Å²) in [6.45, 7) is 0. The summed E-state index contributed by atoms with van der Waals surface area (Å²) in [5.41, 5.74) is 0.617. The van der Waals surface area contributed by atoms with Gasteiger partial charge >= 0.3 is 0 Å². The Morgan fingerprint density at radius 3 is 2.38 bits per heavy atom. The van der Waals surface area contributed by atoms with Crippen molar-refractivity contribution < 1.29 is 19.4 Å². The van der Waals surface area contributed by atoms with E-state index >= 15 is 0 Å². The number of phenolic OH excluding ortho intramolecular Hbond substituents is 1. The lowest BCUT2D eigenvalue weighted by molar-refractivity contribution is -0.140. The molecule has 5 aliphatic rings. The quantitative estimate of drug-likeness (QED) is 0.466. The highest BCUT2D eigenvalue weighted by atomic mass is 79.9. The van der Waals surface area contributed by atoms with Gasteiger partial charge in [0.1, 0.15) is 0 Å². The summed E-state index contributed by atoms with van der Waals surface area (Å²) in [5, 5.41) is 15.1. The van der Waals surface area contributed by atoms with Crippen molar-refractivity contribution in [1.82, 2.24) is 5.01 Å². The van der Waals surface area contributed by atoms with Gasteiger partial charge < -0.3 is 9.84 Å². The van der Waals surface area contributed by atoms with Gasteiger partial charge in [0.05, 0.1) is 29.6 Å². The lowest BCUT2D eigenvalue weighted by Crippen LogP contribution is -2.40. The number of imide groups is 1. The number of phenols is 1. The van der Waals surface area contributed by atoms with E-state index in [4.69, 9.17) is 4.74 Å². The zero-order chi connectivity index (χ0) is 18.2. The number of ether oxygens (including phenoxy) is 1. The minimum Gasteiger partial charge on any atom is -0.503 e. The number of hydrogen-bond acceptors (Lipinski definition) is 5. The first-order valence-corrected chi connectivity index (χ1v) is 9.47. The van der Waals surface area contributed by atoms with Crippen LogP contribution in [0.15, 0.2) is 33.9 Å². The van der Waals surface area contributed by atoms with Crippen molar-refractivity contribution in [3.05, 3.63) is 34.3 Å². The van der Waals surface area contributed by atoms with Crippen LogP contribution in [0.5, 0.6) is 11.5 Å². The fourth-order valence-electron chi connectivity index (χ4n) is 5.00. The maximum Gasteiger partial charge on any atom is 0.254 e. The maximum absolute atomic E-state index is 12.9. The molecule has 6 unspecified atom stereocenters. The van der Waals surface area contributed by atoms with Gasteiger partial charge in [-0.25, -0.2) is 0 Å². The van der Waals surface area contributed by atoms with Crippen LogP contribution in [0, 0.1) is 35.5 Å². The van der Waals surface area contributed by atoms with E-state index in [0.717, 1.165) is 11.4 Å². The van der Waals surface area contributed by atoms with Crippen molar-refractivity contribution in [2.75, 3.05) is 7.11 Å². The topological polar surface area (TPSA) is 79.2 Å². The van der Waals surface area contributed by atoms with Crippen molar-refractivity contribution in [3.63, 3.8) is 0 Å². The number of aromatic hydroxyl groups is 1. The third-order valence-electron chi connectivity index (χ3n) is 6.23. The van der Waals surface area contributed by atoms with Crippen molar-refractivity contribution in [3.8, 4) is 11.5 Å². The predicted octanol–water partition coefficient (Wildman–Crippen LogP) is 2.55. The molecule has 0 radical (unpaired) electrons. The van der Waals surface area contributed by atoms with Gasteiger partial charge in [0.2, 0.25) is 0 Å². The van der Waals surface area contributed by atoms with Gasteiger partial charge in [0.15, 0.2) is 11.5 Å². The molecule has 7 heteroatoms. The largest absolute Gasteiger partial charge is 0.503 e. The highest BCUT2D eigenvalue weighted by Crippen LogP contribution is 2.65. The van der Waals surface area contributed by atoms with Gasteiger partial charge in [-0.05, 0) is 63.7 Å². The number of hydrogen-bond donors (Lipinski definition) is 1. The minimum absolute atomic E-state index is 0.00845. The number of rotatable bonds is 3. The molecule has 6 atom stereocenters. The molecule has 4 aliphatic carbocycles.